The lowest BCUT2D eigenvalue weighted by molar-refractivity contribution is -0.122. The van der Waals surface area contributed by atoms with E-state index in [1.54, 1.807) is 24.3 Å². The molecular weight excluding hydrogens is 463 g/mol. The van der Waals surface area contributed by atoms with Gasteiger partial charge in [-0.3, -0.25) is 14.9 Å². The number of carbonyl (C=O) groups is 3. The molecule has 1 aliphatic rings. The maximum absolute atomic E-state index is 13.1. The summed E-state index contributed by atoms with van der Waals surface area (Å²) >= 11 is 12.7. The van der Waals surface area contributed by atoms with Crippen LogP contribution < -0.4 is 15.0 Å². The predicted octanol–water partition coefficient (Wildman–Crippen LogP) is 6.24. The summed E-state index contributed by atoms with van der Waals surface area (Å²) in [5.41, 5.74) is 2.55. The Bertz CT molecular complexity index is 1100. The quantitative estimate of drug-likeness (QED) is 0.271. The first-order valence-electron chi connectivity index (χ1n) is 10.8. The van der Waals surface area contributed by atoms with Crippen LogP contribution in [0.2, 0.25) is 10.0 Å². The fourth-order valence-corrected chi connectivity index (χ4v) is 4.04. The summed E-state index contributed by atoms with van der Waals surface area (Å²) in [5, 5.41) is 2.76. The Hall–Kier alpha value is -2.83. The number of amides is 4. The van der Waals surface area contributed by atoms with Crippen molar-refractivity contribution in [3.05, 3.63) is 62.6 Å². The zero-order valence-corrected chi connectivity index (χ0v) is 20.3. The number of nitrogens with zero attached hydrogens (tertiary/aromatic N) is 1. The minimum atomic E-state index is -0.798. The van der Waals surface area contributed by atoms with Gasteiger partial charge in [-0.25, -0.2) is 9.69 Å². The topological polar surface area (TPSA) is 75.7 Å². The summed E-state index contributed by atoms with van der Waals surface area (Å²) in [6, 6.07) is 7.53. The van der Waals surface area contributed by atoms with Crippen molar-refractivity contribution in [2.24, 2.45) is 0 Å². The Balaban J connectivity index is 1.86. The van der Waals surface area contributed by atoms with Crippen molar-refractivity contribution in [3.8, 4) is 5.75 Å². The van der Waals surface area contributed by atoms with E-state index < -0.39 is 17.8 Å². The molecule has 1 aliphatic heterocycles. The van der Waals surface area contributed by atoms with E-state index >= 15 is 0 Å². The van der Waals surface area contributed by atoms with Crippen molar-refractivity contribution >= 4 is 52.8 Å². The van der Waals surface area contributed by atoms with E-state index in [2.05, 4.69) is 12.2 Å². The molecule has 1 fully saturated rings. The number of nitrogens with one attached hydrogen (secondary N) is 1. The predicted molar refractivity (Wildman–Crippen MR) is 131 cm³/mol. The molecule has 1 saturated heterocycles. The third-order valence-electron chi connectivity index (χ3n) is 5.43. The molecule has 0 unspecified atom stereocenters. The van der Waals surface area contributed by atoms with Crippen LogP contribution in [0, 0.1) is 13.8 Å². The van der Waals surface area contributed by atoms with Crippen LogP contribution in [0.1, 0.15) is 49.3 Å². The molecule has 2 aromatic carbocycles. The molecule has 2 aromatic rings. The zero-order chi connectivity index (χ0) is 24.1. The summed E-state index contributed by atoms with van der Waals surface area (Å²) in [4.78, 5) is 38.9. The zero-order valence-electron chi connectivity index (χ0n) is 18.8. The first-order valence-corrected chi connectivity index (χ1v) is 11.6. The number of rotatable bonds is 8. The van der Waals surface area contributed by atoms with E-state index in [1.807, 2.05) is 19.9 Å². The lowest BCUT2D eigenvalue weighted by Gasteiger charge is -2.27. The molecule has 33 heavy (non-hydrogen) atoms. The largest absolute Gasteiger partial charge is 0.490 e. The molecule has 8 heteroatoms. The number of urea groups is 1. The van der Waals surface area contributed by atoms with Crippen LogP contribution in [0.3, 0.4) is 0 Å². The number of imide groups is 2. The highest BCUT2D eigenvalue weighted by atomic mass is 35.5. The maximum Gasteiger partial charge on any atom is 0.335 e. The number of halogens is 2. The van der Waals surface area contributed by atoms with Gasteiger partial charge in [0.25, 0.3) is 11.8 Å². The standard InChI is InChI=1S/C25H26Cl2N2O4/c1-4-5-6-7-10-33-22-20(26)13-17(14-21(22)27)12-19-23(30)28-25(32)29(24(19)31)18-9-8-15(2)16(3)11-18/h8-9,11-14H,4-7,10H2,1-3H3,(H,28,30,32)/b19-12-. The third kappa shape index (κ3) is 5.75. The Morgan fingerprint density at radius 2 is 1.67 bits per heavy atom. The van der Waals surface area contributed by atoms with Gasteiger partial charge in [0.1, 0.15) is 5.57 Å². The molecule has 0 aromatic heterocycles. The highest BCUT2D eigenvalue weighted by Gasteiger charge is 2.37. The number of benzene rings is 2. The molecular formula is C25H26Cl2N2O4. The summed E-state index contributed by atoms with van der Waals surface area (Å²) in [6.07, 6.45) is 5.58. The number of ether oxygens (including phenoxy) is 1. The molecule has 0 bridgehead atoms. The van der Waals surface area contributed by atoms with Crippen molar-refractivity contribution in [2.45, 2.75) is 46.5 Å². The molecule has 0 saturated carbocycles. The first-order chi connectivity index (χ1) is 15.7. The van der Waals surface area contributed by atoms with Gasteiger partial charge in [0, 0.05) is 0 Å². The number of aryl methyl sites for hydroxylation is 2. The number of carbonyl (C=O) groups excluding carboxylic acids is 3. The van der Waals surface area contributed by atoms with E-state index in [-0.39, 0.29) is 15.6 Å². The average molecular weight is 489 g/mol. The number of anilines is 1. The second-order valence-electron chi connectivity index (χ2n) is 7.95. The molecule has 0 aliphatic carbocycles. The number of hydrogen-bond donors (Lipinski definition) is 1. The highest BCUT2D eigenvalue weighted by Crippen LogP contribution is 2.35. The van der Waals surface area contributed by atoms with Gasteiger partial charge in [-0.15, -0.1) is 0 Å². The SMILES string of the molecule is CCCCCCOc1c(Cl)cc(/C=C2/C(=O)NC(=O)N(c3ccc(C)c(C)c3)C2=O)cc1Cl. The fourth-order valence-electron chi connectivity index (χ4n) is 3.43. The van der Waals surface area contributed by atoms with Crippen LogP contribution in [-0.2, 0) is 9.59 Å². The van der Waals surface area contributed by atoms with E-state index in [1.165, 1.54) is 6.08 Å². The van der Waals surface area contributed by atoms with Gasteiger partial charge in [0.15, 0.2) is 5.75 Å². The van der Waals surface area contributed by atoms with Crippen LogP contribution >= 0.6 is 23.2 Å². The maximum atomic E-state index is 13.1. The third-order valence-corrected chi connectivity index (χ3v) is 5.99. The molecule has 174 valence electrons. The van der Waals surface area contributed by atoms with E-state index in [0.717, 1.165) is 41.7 Å². The van der Waals surface area contributed by atoms with Crippen LogP contribution in [0.5, 0.6) is 5.75 Å². The van der Waals surface area contributed by atoms with Gasteiger partial charge in [-0.05, 0) is 67.3 Å². The van der Waals surface area contributed by atoms with Crippen LogP contribution in [-0.4, -0.2) is 24.5 Å². The van der Waals surface area contributed by atoms with Crippen molar-refractivity contribution in [1.29, 1.82) is 0 Å². The van der Waals surface area contributed by atoms with Gasteiger partial charge in [-0.2, -0.15) is 0 Å². The average Bonchev–Trinajstić information content (AvgIpc) is 2.75. The highest BCUT2D eigenvalue weighted by molar-refractivity contribution is 6.40. The summed E-state index contributed by atoms with van der Waals surface area (Å²) < 4.78 is 5.73. The van der Waals surface area contributed by atoms with Crippen molar-refractivity contribution in [2.75, 3.05) is 11.5 Å². The normalized spacial score (nSPS) is 15.2. The fraction of sp³-hybridized carbons (Fsp3) is 0.320. The number of unbranched alkanes of at least 4 members (excludes halogenated alkanes) is 3. The summed E-state index contributed by atoms with van der Waals surface area (Å²) in [5.74, 6) is -1.15. The number of hydrogen-bond acceptors (Lipinski definition) is 4. The second kappa shape index (κ2) is 10.9. The molecule has 6 nitrogen and oxygen atoms in total. The van der Waals surface area contributed by atoms with Gasteiger partial charge in [0.05, 0.1) is 22.3 Å². The first kappa shape index (κ1) is 24.8. The lowest BCUT2D eigenvalue weighted by atomic mass is 10.0. The van der Waals surface area contributed by atoms with E-state index in [9.17, 15) is 14.4 Å². The summed E-state index contributed by atoms with van der Waals surface area (Å²) in [7, 11) is 0. The minimum absolute atomic E-state index is 0.201. The molecule has 3 rings (SSSR count). The van der Waals surface area contributed by atoms with Crippen LogP contribution in [0.4, 0.5) is 10.5 Å². The van der Waals surface area contributed by atoms with Crippen molar-refractivity contribution in [1.82, 2.24) is 5.32 Å². The lowest BCUT2D eigenvalue weighted by Crippen LogP contribution is -2.54. The van der Waals surface area contributed by atoms with Gasteiger partial charge >= 0.3 is 6.03 Å². The second-order valence-corrected chi connectivity index (χ2v) is 8.76. The van der Waals surface area contributed by atoms with Crippen molar-refractivity contribution < 1.29 is 19.1 Å². The molecule has 4 amide bonds. The van der Waals surface area contributed by atoms with Crippen LogP contribution in [0.15, 0.2) is 35.9 Å². The molecule has 0 atom stereocenters. The molecule has 0 radical (unpaired) electrons. The molecule has 1 N–H and O–H groups in total. The minimum Gasteiger partial charge on any atom is -0.490 e. The Kier molecular flexibility index (Phi) is 8.16. The van der Waals surface area contributed by atoms with Gasteiger partial charge in [-0.1, -0.05) is 55.5 Å². The molecule has 0 spiro atoms. The van der Waals surface area contributed by atoms with Gasteiger partial charge in [0.2, 0.25) is 0 Å². The number of barbiturate groups is 1. The summed E-state index contributed by atoms with van der Waals surface area (Å²) in [6.45, 7) is 6.44. The Morgan fingerprint density at radius 3 is 2.30 bits per heavy atom. The van der Waals surface area contributed by atoms with E-state index in [4.69, 9.17) is 27.9 Å². The monoisotopic (exact) mass is 488 g/mol. The Labute approximate surface area is 203 Å². The van der Waals surface area contributed by atoms with Crippen LogP contribution in [0.25, 0.3) is 6.08 Å². The molecule has 1 heterocycles. The van der Waals surface area contributed by atoms with Crippen molar-refractivity contribution in [3.63, 3.8) is 0 Å². The Morgan fingerprint density at radius 1 is 0.970 bits per heavy atom. The van der Waals surface area contributed by atoms with Gasteiger partial charge < -0.3 is 4.74 Å². The smallest absolute Gasteiger partial charge is 0.335 e. The van der Waals surface area contributed by atoms with E-state index in [0.29, 0.717) is 23.6 Å².